The van der Waals surface area contributed by atoms with Crippen molar-refractivity contribution in [3.8, 4) is 0 Å². The minimum Gasteiger partial charge on any atom is -0.147 e. The van der Waals surface area contributed by atoms with Gasteiger partial charge in [0.1, 0.15) is 0 Å². The topological polar surface area (TPSA) is 0 Å². The molecule has 0 radical (unpaired) electrons. The summed E-state index contributed by atoms with van der Waals surface area (Å²) in [5, 5.41) is 0. The third-order valence-electron chi connectivity index (χ3n) is 5.88. The molecule has 0 N–H and O–H groups in total. The van der Waals surface area contributed by atoms with Crippen LogP contribution in [0.15, 0.2) is 60.7 Å². The quantitative estimate of drug-likeness (QED) is 0.353. The number of fused-ring (bicyclic) bond motifs is 2. The van der Waals surface area contributed by atoms with Crippen molar-refractivity contribution in [2.24, 2.45) is 0 Å². The van der Waals surface area contributed by atoms with Crippen molar-refractivity contribution in [2.45, 2.75) is 24.9 Å². The van der Waals surface area contributed by atoms with E-state index in [0.29, 0.717) is 7.35 Å². The van der Waals surface area contributed by atoms with Crippen LogP contribution in [0.4, 0.5) is 0 Å². The zero-order valence-electron chi connectivity index (χ0n) is 14.9. The summed E-state index contributed by atoms with van der Waals surface area (Å²) in [4.78, 5) is 0. The third-order valence-corrected chi connectivity index (χ3v) is 41.4. The minimum absolute atomic E-state index is 0. The number of halogens is 3. The minimum atomic E-state index is -3.79. The van der Waals surface area contributed by atoms with Crippen LogP contribution in [-0.2, 0) is 15.9 Å². The molecular formula is C21H25Cl3HfSi. The first-order valence-corrected chi connectivity index (χ1v) is 28.3. The molecule has 2 aliphatic carbocycles. The molecule has 0 saturated heterocycles. The average molecular weight is 590 g/mol. The van der Waals surface area contributed by atoms with E-state index < -0.39 is 15.9 Å². The van der Waals surface area contributed by atoms with Gasteiger partial charge in [0.2, 0.25) is 0 Å². The smallest absolute Gasteiger partial charge is 0.147 e. The normalized spacial score (nSPS) is 20.1. The van der Waals surface area contributed by atoms with Gasteiger partial charge in [-0.1, -0.05) is 0 Å². The van der Waals surface area contributed by atoms with Crippen molar-refractivity contribution in [3.05, 3.63) is 82.9 Å². The van der Waals surface area contributed by atoms with Crippen molar-refractivity contribution < 1.29 is 15.9 Å². The summed E-state index contributed by atoms with van der Waals surface area (Å²) < 4.78 is 2.09. The SMILES string of the molecule is CC[CH2][Hf](=[SiH2])([Cl])([CH]1C=Cc2ccccc21)[CH]1C=Cc2ccccc21.Cl.Cl. The monoisotopic (exact) mass is 590 g/mol. The van der Waals surface area contributed by atoms with E-state index in [0.717, 1.165) is 0 Å². The van der Waals surface area contributed by atoms with E-state index in [-0.39, 0.29) is 24.8 Å². The largest absolute Gasteiger partial charge is 0.147 e. The molecule has 0 amide bonds. The molecule has 0 saturated carbocycles. The molecule has 2 aliphatic rings. The van der Waals surface area contributed by atoms with Gasteiger partial charge in [0.25, 0.3) is 0 Å². The summed E-state index contributed by atoms with van der Waals surface area (Å²) in [6.07, 6.45) is 10.6. The van der Waals surface area contributed by atoms with E-state index in [1.165, 1.54) is 32.9 Å². The van der Waals surface area contributed by atoms with E-state index in [1.54, 1.807) is 0 Å². The molecule has 0 aliphatic heterocycles. The molecular weight excluding hydrogens is 565 g/mol. The van der Waals surface area contributed by atoms with Crippen molar-refractivity contribution in [2.75, 3.05) is 0 Å². The molecule has 2 unspecified atom stereocenters. The Kier molecular flexibility index (Phi) is 6.90. The first-order chi connectivity index (χ1) is 11.5. The van der Waals surface area contributed by atoms with Crippen LogP contribution >= 0.6 is 33.4 Å². The number of hydrogen-bond donors (Lipinski definition) is 0. The number of rotatable bonds is 4. The molecule has 138 valence electrons. The van der Waals surface area contributed by atoms with Crippen molar-refractivity contribution in [3.63, 3.8) is 0 Å². The summed E-state index contributed by atoms with van der Waals surface area (Å²) >= 11 is -3.79. The van der Waals surface area contributed by atoms with Crippen LogP contribution in [-0.4, -0.2) is 6.94 Å². The molecule has 2 aromatic rings. The summed E-state index contributed by atoms with van der Waals surface area (Å²) in [5.41, 5.74) is 5.65. The summed E-state index contributed by atoms with van der Waals surface area (Å²) in [6.45, 7) is 4.52. The zero-order chi connectivity index (χ0) is 16.8. The Morgan fingerprint density at radius 3 is 1.69 bits per heavy atom. The molecule has 2 aromatic carbocycles. The Hall–Kier alpha value is -0.123. The first kappa shape index (κ1) is 22.2. The van der Waals surface area contributed by atoms with Gasteiger partial charge in [0.05, 0.1) is 0 Å². The summed E-state index contributed by atoms with van der Waals surface area (Å²) in [5.74, 6) is 0. The number of benzene rings is 2. The van der Waals surface area contributed by atoms with Gasteiger partial charge in [-0.2, -0.15) is 0 Å². The fraction of sp³-hybridized carbons (Fsp3) is 0.238. The van der Waals surface area contributed by atoms with Crippen LogP contribution in [0, 0.1) is 0 Å². The van der Waals surface area contributed by atoms with Gasteiger partial charge in [-0.05, 0) is 0 Å². The molecule has 5 heteroatoms. The second kappa shape index (κ2) is 8.09. The predicted octanol–water partition coefficient (Wildman–Crippen LogP) is 6.59. The van der Waals surface area contributed by atoms with Crippen LogP contribution in [0.3, 0.4) is 0 Å². The maximum Gasteiger partial charge on any atom is -0.147 e. The molecule has 0 spiro atoms. The summed E-state index contributed by atoms with van der Waals surface area (Å²) in [7, 11) is 7.89. The van der Waals surface area contributed by atoms with Gasteiger partial charge in [0.15, 0.2) is 0 Å². The summed E-state index contributed by atoms with van der Waals surface area (Å²) in [6, 6.07) is 17.7. The second-order valence-corrected chi connectivity index (χ2v) is 51.3. The van der Waals surface area contributed by atoms with Crippen molar-refractivity contribution in [1.29, 1.82) is 0 Å². The number of allylic oxidation sites excluding steroid dienone is 2. The maximum atomic E-state index is 7.89. The van der Waals surface area contributed by atoms with Crippen LogP contribution in [0.1, 0.15) is 42.9 Å². The Labute approximate surface area is 175 Å². The maximum absolute atomic E-state index is 7.89. The van der Waals surface area contributed by atoms with Gasteiger partial charge in [-0.3, -0.25) is 0 Å². The van der Waals surface area contributed by atoms with Gasteiger partial charge in [0, 0.05) is 0 Å². The van der Waals surface area contributed by atoms with Crippen LogP contribution < -0.4 is 0 Å². The zero-order valence-corrected chi connectivity index (χ0v) is 22.3. The Bertz CT molecular complexity index is 867. The number of hydrogen-bond acceptors (Lipinski definition) is 0. The molecule has 26 heavy (non-hydrogen) atoms. The predicted molar refractivity (Wildman–Crippen MR) is 120 cm³/mol. The molecule has 0 bridgehead atoms. The molecule has 2 atom stereocenters. The van der Waals surface area contributed by atoms with Crippen molar-refractivity contribution >= 4 is 52.5 Å². The second-order valence-electron chi connectivity index (χ2n) is 7.40. The average Bonchev–Trinajstić information content (AvgIpc) is 3.20. The van der Waals surface area contributed by atoms with Crippen LogP contribution in [0.25, 0.3) is 12.2 Å². The van der Waals surface area contributed by atoms with E-state index in [4.69, 9.17) is 8.58 Å². The fourth-order valence-corrected chi connectivity index (χ4v) is 36.9. The Morgan fingerprint density at radius 2 is 1.27 bits per heavy atom. The molecule has 0 fully saturated rings. The molecule has 0 aromatic heterocycles. The Morgan fingerprint density at radius 1 is 0.846 bits per heavy atom. The standard InChI is InChI=1S/2C9H7.C3H7.3ClH.Hf.H2Si/c2*1-2-5-9-7-3-6-8(9)4-1;1-3-2;;;;;/h2*1-7H;1,3H2,2H3;3*1H;;1H2/q;;;;;;+1;/p-1. The van der Waals surface area contributed by atoms with Gasteiger partial charge in [-0.25, -0.2) is 0 Å². The van der Waals surface area contributed by atoms with Crippen LogP contribution in [0.5, 0.6) is 0 Å². The van der Waals surface area contributed by atoms with E-state index >= 15 is 0 Å². The van der Waals surface area contributed by atoms with Gasteiger partial charge in [-0.15, -0.1) is 24.8 Å². The van der Waals surface area contributed by atoms with Crippen molar-refractivity contribution in [1.82, 2.24) is 0 Å². The first-order valence-electron chi connectivity index (χ1n) is 8.82. The van der Waals surface area contributed by atoms with E-state index in [2.05, 4.69) is 86.7 Å². The van der Waals surface area contributed by atoms with E-state index in [1.807, 2.05) is 0 Å². The molecule has 0 nitrogen and oxygen atoms in total. The van der Waals surface area contributed by atoms with E-state index in [9.17, 15) is 0 Å². The third kappa shape index (κ3) is 3.37. The van der Waals surface area contributed by atoms with Crippen LogP contribution in [0.2, 0.25) is 4.18 Å². The Balaban J connectivity index is 0.00000121. The van der Waals surface area contributed by atoms with Gasteiger partial charge >= 0.3 is 151 Å². The fourth-order valence-electron chi connectivity index (χ4n) is 4.76. The molecule has 4 rings (SSSR count). The molecule has 0 heterocycles. The van der Waals surface area contributed by atoms with Gasteiger partial charge < -0.3 is 0 Å².